The van der Waals surface area contributed by atoms with E-state index in [9.17, 15) is 14.4 Å². The van der Waals surface area contributed by atoms with Gasteiger partial charge in [0.1, 0.15) is 6.04 Å². The van der Waals surface area contributed by atoms with E-state index in [1.54, 1.807) is 0 Å². The van der Waals surface area contributed by atoms with Gasteiger partial charge in [0.25, 0.3) is 0 Å². The lowest BCUT2D eigenvalue weighted by molar-refractivity contribution is -0.143. The number of nitrogens with two attached hydrogens (primary N) is 1. The summed E-state index contributed by atoms with van der Waals surface area (Å²) >= 11 is 0. The maximum absolute atomic E-state index is 11.6. The highest BCUT2D eigenvalue weighted by atomic mass is 16.4. The largest absolute Gasteiger partial charge is 0.480 e. The molecule has 6 heteroatoms. The number of hydrogen-bond donors (Lipinski definition) is 3. The lowest BCUT2D eigenvalue weighted by Crippen LogP contribution is -2.44. The molecule has 0 radical (unpaired) electrons. The number of primary amides is 1. The summed E-state index contributed by atoms with van der Waals surface area (Å²) in [5.41, 5.74) is 4.83. The third kappa shape index (κ3) is 2.95. The number of hydrogen-bond acceptors (Lipinski definition) is 3. The van der Waals surface area contributed by atoms with Crippen LogP contribution >= 0.6 is 0 Å². The summed E-state index contributed by atoms with van der Waals surface area (Å²) in [7, 11) is 0. The molecule has 0 aromatic heterocycles. The van der Waals surface area contributed by atoms with Crippen molar-refractivity contribution in [2.45, 2.75) is 32.7 Å². The standard InChI is InChI=1S/C10H16N2O4/c1-10(2)4-5(10)8(14)12-6(9(15)16)3-7(11)13/h5-6H,3-4H2,1-2H3,(H2,11,13)(H,12,14)(H,15,16)/t5?,6-/m1/s1. The number of carbonyl (C=O) groups excluding carboxylic acids is 2. The Morgan fingerprint density at radius 1 is 1.50 bits per heavy atom. The van der Waals surface area contributed by atoms with Gasteiger partial charge in [0.15, 0.2) is 0 Å². The maximum atomic E-state index is 11.6. The van der Waals surface area contributed by atoms with E-state index in [4.69, 9.17) is 10.8 Å². The third-order valence-electron chi connectivity index (χ3n) is 2.85. The minimum atomic E-state index is -1.24. The highest BCUT2D eigenvalue weighted by molar-refractivity contribution is 5.90. The molecule has 0 aromatic carbocycles. The van der Waals surface area contributed by atoms with Crippen LogP contribution in [0.2, 0.25) is 0 Å². The molecule has 0 aromatic rings. The summed E-state index contributed by atoms with van der Waals surface area (Å²) in [5.74, 6) is -2.48. The van der Waals surface area contributed by atoms with E-state index in [1.807, 2.05) is 13.8 Å². The molecule has 4 N–H and O–H groups in total. The number of rotatable bonds is 5. The highest BCUT2D eigenvalue weighted by Crippen LogP contribution is 2.51. The summed E-state index contributed by atoms with van der Waals surface area (Å²) in [6.45, 7) is 3.86. The minimum Gasteiger partial charge on any atom is -0.480 e. The van der Waals surface area contributed by atoms with E-state index in [2.05, 4.69) is 5.32 Å². The van der Waals surface area contributed by atoms with Gasteiger partial charge in [0.05, 0.1) is 6.42 Å². The SMILES string of the molecule is CC1(C)CC1C(=O)N[C@H](CC(N)=O)C(=O)O. The first kappa shape index (κ1) is 12.5. The van der Waals surface area contributed by atoms with Crippen LogP contribution in [0.1, 0.15) is 26.7 Å². The zero-order chi connectivity index (χ0) is 12.5. The van der Waals surface area contributed by atoms with E-state index in [0.717, 1.165) is 6.42 Å². The lowest BCUT2D eigenvalue weighted by Gasteiger charge is -2.13. The van der Waals surface area contributed by atoms with Crippen molar-refractivity contribution < 1.29 is 19.5 Å². The summed E-state index contributed by atoms with van der Waals surface area (Å²) in [6, 6.07) is -1.22. The Morgan fingerprint density at radius 3 is 2.31 bits per heavy atom. The Bertz CT molecular complexity index is 338. The molecule has 1 saturated carbocycles. The van der Waals surface area contributed by atoms with Gasteiger partial charge in [0, 0.05) is 5.92 Å². The molecule has 1 fully saturated rings. The van der Waals surface area contributed by atoms with Gasteiger partial charge in [-0.15, -0.1) is 0 Å². The van der Waals surface area contributed by atoms with E-state index in [0.29, 0.717) is 0 Å². The van der Waals surface area contributed by atoms with Gasteiger partial charge in [-0.1, -0.05) is 13.8 Å². The van der Waals surface area contributed by atoms with Gasteiger partial charge in [-0.3, -0.25) is 9.59 Å². The molecule has 16 heavy (non-hydrogen) atoms. The van der Waals surface area contributed by atoms with Crippen molar-refractivity contribution in [1.29, 1.82) is 0 Å². The molecule has 90 valence electrons. The fraction of sp³-hybridized carbons (Fsp3) is 0.700. The van der Waals surface area contributed by atoms with Crippen molar-refractivity contribution in [3.05, 3.63) is 0 Å². The van der Waals surface area contributed by atoms with Gasteiger partial charge in [-0.05, 0) is 11.8 Å². The second-order valence-electron chi connectivity index (χ2n) is 4.82. The molecule has 0 aliphatic heterocycles. The number of carboxylic acid groups (broad SMARTS) is 1. The average molecular weight is 228 g/mol. The zero-order valence-corrected chi connectivity index (χ0v) is 9.32. The lowest BCUT2D eigenvalue weighted by atomic mass is 10.1. The monoisotopic (exact) mass is 228 g/mol. The van der Waals surface area contributed by atoms with Gasteiger partial charge in [0.2, 0.25) is 11.8 Å². The number of carbonyl (C=O) groups is 3. The van der Waals surface area contributed by atoms with Crippen LogP contribution < -0.4 is 11.1 Å². The van der Waals surface area contributed by atoms with Crippen LogP contribution in [0.25, 0.3) is 0 Å². The molecule has 0 bridgehead atoms. The second kappa shape index (κ2) is 4.11. The van der Waals surface area contributed by atoms with Crippen molar-refractivity contribution in [3.63, 3.8) is 0 Å². The van der Waals surface area contributed by atoms with E-state index >= 15 is 0 Å². The molecule has 0 spiro atoms. The predicted molar refractivity (Wildman–Crippen MR) is 55.3 cm³/mol. The minimum absolute atomic E-state index is 0.0696. The zero-order valence-electron chi connectivity index (χ0n) is 9.32. The maximum Gasteiger partial charge on any atom is 0.326 e. The van der Waals surface area contributed by atoms with Crippen molar-refractivity contribution in [3.8, 4) is 0 Å². The van der Waals surface area contributed by atoms with Crippen LogP contribution in [0.4, 0.5) is 0 Å². The number of amides is 2. The first-order chi connectivity index (χ1) is 7.24. The highest BCUT2D eigenvalue weighted by Gasteiger charge is 2.51. The normalized spacial score (nSPS) is 23.2. The number of aliphatic carboxylic acids is 1. The van der Waals surface area contributed by atoms with Crippen LogP contribution in [0, 0.1) is 11.3 Å². The Labute approximate surface area is 93.2 Å². The van der Waals surface area contributed by atoms with Crippen LogP contribution in [-0.2, 0) is 14.4 Å². The Morgan fingerprint density at radius 2 is 2.00 bits per heavy atom. The van der Waals surface area contributed by atoms with Gasteiger partial charge < -0.3 is 16.2 Å². The topological polar surface area (TPSA) is 109 Å². The van der Waals surface area contributed by atoms with Crippen molar-refractivity contribution >= 4 is 17.8 Å². The van der Waals surface area contributed by atoms with Crippen molar-refractivity contribution in [2.75, 3.05) is 0 Å². The van der Waals surface area contributed by atoms with Crippen molar-refractivity contribution in [1.82, 2.24) is 5.32 Å². The molecule has 2 atom stereocenters. The summed E-state index contributed by atoms with van der Waals surface area (Å²) in [5, 5.41) is 11.1. The van der Waals surface area contributed by atoms with Gasteiger partial charge >= 0.3 is 5.97 Å². The van der Waals surface area contributed by atoms with Crippen LogP contribution in [-0.4, -0.2) is 28.9 Å². The summed E-state index contributed by atoms with van der Waals surface area (Å²) in [6.07, 6.45) is 0.357. The van der Waals surface area contributed by atoms with Crippen LogP contribution in [0.5, 0.6) is 0 Å². The quantitative estimate of drug-likeness (QED) is 0.588. The van der Waals surface area contributed by atoms with Crippen LogP contribution in [0.15, 0.2) is 0 Å². The smallest absolute Gasteiger partial charge is 0.326 e. The summed E-state index contributed by atoms with van der Waals surface area (Å²) in [4.78, 5) is 33.0. The fourth-order valence-corrected chi connectivity index (χ4v) is 1.59. The van der Waals surface area contributed by atoms with Gasteiger partial charge in [-0.2, -0.15) is 0 Å². The number of nitrogens with one attached hydrogen (secondary N) is 1. The predicted octanol–water partition coefficient (Wildman–Crippen LogP) is -0.523. The molecule has 1 aliphatic rings. The first-order valence-corrected chi connectivity index (χ1v) is 5.05. The third-order valence-corrected chi connectivity index (χ3v) is 2.85. The van der Waals surface area contributed by atoms with E-state index in [1.165, 1.54) is 0 Å². The molecule has 1 aliphatic carbocycles. The molecule has 0 heterocycles. The van der Waals surface area contributed by atoms with E-state index < -0.39 is 17.9 Å². The average Bonchev–Trinajstić information content (AvgIpc) is 2.73. The molecule has 1 rings (SSSR count). The fourth-order valence-electron chi connectivity index (χ4n) is 1.59. The van der Waals surface area contributed by atoms with Crippen LogP contribution in [0.3, 0.4) is 0 Å². The molecular formula is C10H16N2O4. The Hall–Kier alpha value is -1.59. The molecule has 6 nitrogen and oxygen atoms in total. The molecular weight excluding hydrogens is 212 g/mol. The molecule has 0 saturated heterocycles. The van der Waals surface area contributed by atoms with E-state index in [-0.39, 0.29) is 23.7 Å². The first-order valence-electron chi connectivity index (χ1n) is 5.05. The Balaban J connectivity index is 2.53. The number of carboxylic acids is 1. The summed E-state index contributed by atoms with van der Waals surface area (Å²) < 4.78 is 0. The van der Waals surface area contributed by atoms with Crippen molar-refractivity contribution in [2.24, 2.45) is 17.1 Å². The molecule has 2 amide bonds. The van der Waals surface area contributed by atoms with Gasteiger partial charge in [-0.25, -0.2) is 4.79 Å². The Kier molecular flexibility index (Phi) is 3.21. The second-order valence-corrected chi connectivity index (χ2v) is 4.82. The molecule has 1 unspecified atom stereocenters.